The van der Waals surface area contributed by atoms with Gasteiger partial charge in [-0.25, -0.2) is 23.2 Å². The van der Waals surface area contributed by atoms with E-state index in [9.17, 15) is 13.6 Å². The van der Waals surface area contributed by atoms with Crippen molar-refractivity contribution in [1.29, 1.82) is 0 Å². The molecular formula is C15H9F2N3O2. The number of carboxylic acid groups (broad SMARTS) is 1. The quantitative estimate of drug-likeness (QED) is 0.807. The molecule has 0 unspecified atom stereocenters. The molecule has 2 aromatic carbocycles. The molecule has 0 aliphatic rings. The van der Waals surface area contributed by atoms with Crippen molar-refractivity contribution in [3.8, 4) is 17.1 Å². The first-order valence-corrected chi connectivity index (χ1v) is 6.27. The number of halogens is 2. The Kier molecular flexibility index (Phi) is 3.38. The van der Waals surface area contributed by atoms with Crippen molar-refractivity contribution in [2.75, 3.05) is 0 Å². The molecule has 1 N–H and O–H groups in total. The van der Waals surface area contributed by atoms with Gasteiger partial charge in [-0.2, -0.15) is 0 Å². The zero-order chi connectivity index (χ0) is 15.7. The normalized spacial score (nSPS) is 10.6. The number of rotatable bonds is 3. The first kappa shape index (κ1) is 13.9. The first-order valence-electron chi connectivity index (χ1n) is 6.27. The van der Waals surface area contributed by atoms with E-state index in [1.807, 2.05) is 0 Å². The summed E-state index contributed by atoms with van der Waals surface area (Å²) in [5, 5.41) is 12.9. The van der Waals surface area contributed by atoms with E-state index in [0.29, 0.717) is 11.3 Å². The van der Waals surface area contributed by atoms with Crippen LogP contribution >= 0.6 is 0 Å². The average molecular weight is 301 g/mol. The topological polar surface area (TPSA) is 68.0 Å². The van der Waals surface area contributed by atoms with Gasteiger partial charge >= 0.3 is 5.97 Å². The summed E-state index contributed by atoms with van der Waals surface area (Å²) in [6.45, 7) is 0. The van der Waals surface area contributed by atoms with Crippen molar-refractivity contribution >= 4 is 5.97 Å². The van der Waals surface area contributed by atoms with Crippen molar-refractivity contribution in [3.05, 3.63) is 66.0 Å². The second-order valence-corrected chi connectivity index (χ2v) is 4.46. The smallest absolute Gasteiger partial charge is 0.375 e. The lowest BCUT2D eigenvalue weighted by Gasteiger charge is -2.05. The minimum absolute atomic E-state index is 0.226. The highest BCUT2D eigenvalue weighted by Gasteiger charge is 2.18. The van der Waals surface area contributed by atoms with Crippen LogP contribution in [0, 0.1) is 11.6 Å². The Morgan fingerprint density at radius 1 is 0.955 bits per heavy atom. The third kappa shape index (κ3) is 2.56. The lowest BCUT2D eigenvalue weighted by Crippen LogP contribution is -2.02. The molecule has 0 radical (unpaired) electrons. The molecule has 22 heavy (non-hydrogen) atoms. The fourth-order valence-corrected chi connectivity index (χ4v) is 1.95. The molecule has 3 rings (SSSR count). The number of aromatic carboxylic acids is 1. The maximum absolute atomic E-state index is 13.0. The molecule has 0 atom stereocenters. The largest absolute Gasteiger partial charge is 0.475 e. The maximum Gasteiger partial charge on any atom is 0.375 e. The van der Waals surface area contributed by atoms with E-state index in [1.165, 1.54) is 53.2 Å². The van der Waals surface area contributed by atoms with Crippen LogP contribution in [0.3, 0.4) is 0 Å². The van der Waals surface area contributed by atoms with Crippen LogP contribution in [0.4, 0.5) is 8.78 Å². The summed E-state index contributed by atoms with van der Waals surface area (Å²) in [5.41, 5.74) is 0.937. The molecular weight excluding hydrogens is 292 g/mol. The number of aromatic nitrogens is 3. The van der Waals surface area contributed by atoms with Gasteiger partial charge in [0.05, 0.1) is 5.69 Å². The number of hydrogen-bond acceptors (Lipinski definition) is 3. The van der Waals surface area contributed by atoms with Gasteiger partial charge in [0.25, 0.3) is 5.82 Å². The molecule has 7 heteroatoms. The molecule has 1 aromatic heterocycles. The van der Waals surface area contributed by atoms with Crippen molar-refractivity contribution in [1.82, 2.24) is 14.8 Å². The number of carbonyl (C=O) groups is 1. The highest BCUT2D eigenvalue weighted by atomic mass is 19.1. The second kappa shape index (κ2) is 5.36. The molecule has 0 saturated carbocycles. The summed E-state index contributed by atoms with van der Waals surface area (Å²) in [5.74, 6) is -2.31. The SMILES string of the molecule is O=C(O)c1nc(-c2ccc(F)cc2)n(-c2ccc(F)cc2)n1. The van der Waals surface area contributed by atoms with Gasteiger partial charge in [-0.3, -0.25) is 0 Å². The fourth-order valence-electron chi connectivity index (χ4n) is 1.95. The summed E-state index contributed by atoms with van der Waals surface area (Å²) >= 11 is 0. The lowest BCUT2D eigenvalue weighted by molar-refractivity contribution is 0.0683. The van der Waals surface area contributed by atoms with E-state index in [0.717, 1.165) is 0 Å². The third-order valence-electron chi connectivity index (χ3n) is 2.97. The van der Waals surface area contributed by atoms with Gasteiger partial charge in [-0.15, -0.1) is 5.10 Å². The van der Waals surface area contributed by atoms with Crippen molar-refractivity contribution in [3.63, 3.8) is 0 Å². The molecule has 0 aliphatic carbocycles. The van der Waals surface area contributed by atoms with Crippen LogP contribution in [0.1, 0.15) is 10.6 Å². The predicted octanol–water partition coefficient (Wildman–Crippen LogP) is 2.91. The Morgan fingerprint density at radius 3 is 2.05 bits per heavy atom. The lowest BCUT2D eigenvalue weighted by atomic mass is 10.2. The molecule has 3 aromatic rings. The Morgan fingerprint density at radius 2 is 1.50 bits per heavy atom. The fraction of sp³-hybridized carbons (Fsp3) is 0. The molecule has 0 bridgehead atoms. The molecule has 0 spiro atoms. The van der Waals surface area contributed by atoms with Crippen molar-refractivity contribution < 1.29 is 18.7 Å². The number of hydrogen-bond donors (Lipinski definition) is 1. The van der Waals surface area contributed by atoms with Crippen LogP contribution in [0.2, 0.25) is 0 Å². The highest BCUT2D eigenvalue weighted by Crippen LogP contribution is 2.21. The Balaban J connectivity index is 2.17. The summed E-state index contributed by atoms with van der Waals surface area (Å²) in [7, 11) is 0. The summed E-state index contributed by atoms with van der Waals surface area (Å²) in [6, 6.07) is 10.7. The van der Waals surface area contributed by atoms with Gasteiger partial charge in [0.1, 0.15) is 11.6 Å². The van der Waals surface area contributed by atoms with E-state index < -0.39 is 23.4 Å². The van der Waals surface area contributed by atoms with Crippen LogP contribution in [0.15, 0.2) is 48.5 Å². The van der Waals surface area contributed by atoms with E-state index in [1.54, 1.807) is 0 Å². The number of carboxylic acids is 1. The average Bonchev–Trinajstić information content (AvgIpc) is 2.94. The first-order chi connectivity index (χ1) is 10.5. The number of benzene rings is 2. The second-order valence-electron chi connectivity index (χ2n) is 4.46. The van der Waals surface area contributed by atoms with Gasteiger partial charge in [0.15, 0.2) is 5.82 Å². The summed E-state index contributed by atoms with van der Waals surface area (Å²) in [4.78, 5) is 15.0. The van der Waals surface area contributed by atoms with Crippen LogP contribution in [-0.4, -0.2) is 25.8 Å². The van der Waals surface area contributed by atoms with Crippen molar-refractivity contribution in [2.45, 2.75) is 0 Å². The standard InChI is InChI=1S/C15H9F2N3O2/c16-10-3-1-9(2-4-10)14-18-13(15(21)22)19-20(14)12-7-5-11(17)6-8-12/h1-8H,(H,21,22). The van der Waals surface area contributed by atoms with Gasteiger partial charge in [0, 0.05) is 5.56 Å². The monoisotopic (exact) mass is 301 g/mol. The molecule has 5 nitrogen and oxygen atoms in total. The number of nitrogens with zero attached hydrogens (tertiary/aromatic N) is 3. The van der Waals surface area contributed by atoms with Crippen LogP contribution in [0.5, 0.6) is 0 Å². The van der Waals surface area contributed by atoms with E-state index in [-0.39, 0.29) is 5.82 Å². The Bertz CT molecular complexity index is 764. The molecule has 0 aliphatic heterocycles. The third-order valence-corrected chi connectivity index (χ3v) is 2.97. The van der Waals surface area contributed by atoms with E-state index in [2.05, 4.69) is 10.1 Å². The molecule has 0 fully saturated rings. The van der Waals surface area contributed by atoms with Crippen molar-refractivity contribution in [2.24, 2.45) is 0 Å². The van der Waals surface area contributed by atoms with Crippen LogP contribution in [0.25, 0.3) is 17.1 Å². The maximum atomic E-state index is 13.0. The molecule has 0 saturated heterocycles. The van der Waals surface area contributed by atoms with Crippen LogP contribution < -0.4 is 0 Å². The molecule has 1 heterocycles. The van der Waals surface area contributed by atoms with Gasteiger partial charge in [-0.05, 0) is 48.5 Å². The van der Waals surface area contributed by atoms with E-state index >= 15 is 0 Å². The Hall–Kier alpha value is -3.09. The zero-order valence-corrected chi connectivity index (χ0v) is 11.1. The van der Waals surface area contributed by atoms with Gasteiger partial charge < -0.3 is 5.11 Å². The summed E-state index contributed by atoms with van der Waals surface area (Å²) in [6.07, 6.45) is 0. The summed E-state index contributed by atoms with van der Waals surface area (Å²) < 4.78 is 27.3. The minimum atomic E-state index is -1.29. The zero-order valence-electron chi connectivity index (χ0n) is 11.1. The Labute approximate surface area is 123 Å². The van der Waals surface area contributed by atoms with Crippen LogP contribution in [-0.2, 0) is 0 Å². The highest BCUT2D eigenvalue weighted by molar-refractivity contribution is 5.84. The predicted molar refractivity (Wildman–Crippen MR) is 73.7 cm³/mol. The minimum Gasteiger partial charge on any atom is -0.475 e. The molecule has 110 valence electrons. The molecule has 0 amide bonds. The van der Waals surface area contributed by atoms with E-state index in [4.69, 9.17) is 5.11 Å². The van der Waals surface area contributed by atoms with Gasteiger partial charge in [0.2, 0.25) is 0 Å². The van der Waals surface area contributed by atoms with Gasteiger partial charge in [-0.1, -0.05) is 0 Å².